The number of nitrogens with zero attached hydrogens (tertiary/aromatic N) is 3. The van der Waals surface area contributed by atoms with E-state index in [-0.39, 0.29) is 11.5 Å². The summed E-state index contributed by atoms with van der Waals surface area (Å²) >= 11 is 0. The zero-order chi connectivity index (χ0) is 18.6. The molecule has 2 fully saturated rings. The molecule has 1 saturated carbocycles. The summed E-state index contributed by atoms with van der Waals surface area (Å²) < 4.78 is 6.92. The third-order valence-electron chi connectivity index (χ3n) is 5.95. The normalized spacial score (nSPS) is 19.3. The van der Waals surface area contributed by atoms with Crippen LogP contribution in [-0.2, 0) is 11.3 Å². The molecule has 3 heterocycles. The fourth-order valence-electron chi connectivity index (χ4n) is 4.32. The summed E-state index contributed by atoms with van der Waals surface area (Å²) in [7, 11) is 0. The molecule has 1 amide bonds. The molecule has 1 saturated heterocycles. The molecule has 144 valence electrons. The predicted octanol–water partition coefficient (Wildman–Crippen LogP) is 3.32. The number of hydrogen-bond acceptors (Lipinski definition) is 4. The van der Waals surface area contributed by atoms with Crippen molar-refractivity contribution in [2.45, 2.75) is 51.5 Å². The highest BCUT2D eigenvalue weighted by Gasteiger charge is 2.29. The van der Waals surface area contributed by atoms with Gasteiger partial charge >= 0.3 is 0 Å². The van der Waals surface area contributed by atoms with Crippen molar-refractivity contribution >= 4 is 5.91 Å². The maximum atomic E-state index is 12.7. The first-order valence-corrected chi connectivity index (χ1v) is 10.1. The van der Waals surface area contributed by atoms with E-state index >= 15 is 0 Å². The highest BCUT2D eigenvalue weighted by atomic mass is 16.3. The van der Waals surface area contributed by atoms with E-state index in [0.717, 1.165) is 38.8 Å². The Labute approximate surface area is 159 Å². The molecule has 6 heteroatoms. The highest BCUT2D eigenvalue weighted by Crippen LogP contribution is 2.28. The monoisotopic (exact) mass is 369 g/mol. The van der Waals surface area contributed by atoms with Gasteiger partial charge in [-0.25, -0.2) is 4.68 Å². The molecule has 4 rings (SSSR count). The van der Waals surface area contributed by atoms with Crippen molar-refractivity contribution in [3.8, 4) is 11.5 Å². The van der Waals surface area contributed by atoms with Crippen LogP contribution < -0.4 is 5.56 Å². The molecule has 0 atom stereocenters. The Balaban J connectivity index is 1.36. The van der Waals surface area contributed by atoms with E-state index < -0.39 is 0 Å². The summed E-state index contributed by atoms with van der Waals surface area (Å²) in [5, 5.41) is 4.47. The Morgan fingerprint density at radius 3 is 2.56 bits per heavy atom. The Hall–Kier alpha value is -2.37. The molecule has 27 heavy (non-hydrogen) atoms. The topological polar surface area (TPSA) is 68.3 Å². The van der Waals surface area contributed by atoms with Crippen LogP contribution in [0.3, 0.4) is 0 Å². The van der Waals surface area contributed by atoms with Crippen molar-refractivity contribution in [2.75, 3.05) is 13.1 Å². The molecular weight excluding hydrogens is 342 g/mol. The molecule has 0 bridgehead atoms. The van der Waals surface area contributed by atoms with Crippen molar-refractivity contribution in [2.24, 2.45) is 11.8 Å². The average molecular weight is 369 g/mol. The quantitative estimate of drug-likeness (QED) is 0.829. The number of furan rings is 1. The van der Waals surface area contributed by atoms with Crippen molar-refractivity contribution in [3.05, 3.63) is 40.9 Å². The first-order valence-electron chi connectivity index (χ1n) is 10.1. The molecular formula is C21H27N3O3. The molecule has 0 N–H and O–H groups in total. The average Bonchev–Trinajstić information content (AvgIpc) is 3.25. The van der Waals surface area contributed by atoms with E-state index in [0.29, 0.717) is 29.8 Å². The Morgan fingerprint density at radius 2 is 1.85 bits per heavy atom. The van der Waals surface area contributed by atoms with Crippen LogP contribution in [0.15, 0.2) is 39.7 Å². The van der Waals surface area contributed by atoms with Crippen LogP contribution in [0.5, 0.6) is 0 Å². The fourth-order valence-corrected chi connectivity index (χ4v) is 4.32. The molecule has 2 aromatic heterocycles. The Morgan fingerprint density at radius 1 is 1.07 bits per heavy atom. The Kier molecular flexibility index (Phi) is 5.41. The molecule has 0 unspecified atom stereocenters. The van der Waals surface area contributed by atoms with Crippen LogP contribution in [-0.4, -0.2) is 33.7 Å². The van der Waals surface area contributed by atoms with Gasteiger partial charge in [0.1, 0.15) is 5.69 Å². The maximum absolute atomic E-state index is 12.7. The first-order chi connectivity index (χ1) is 13.2. The van der Waals surface area contributed by atoms with Gasteiger partial charge in [0.25, 0.3) is 5.56 Å². The molecule has 6 nitrogen and oxygen atoms in total. The van der Waals surface area contributed by atoms with Gasteiger partial charge in [0.2, 0.25) is 5.91 Å². The zero-order valence-electron chi connectivity index (χ0n) is 15.7. The summed E-state index contributed by atoms with van der Waals surface area (Å²) in [6, 6.07) is 6.90. The number of carbonyl (C=O) groups excluding carboxylic acids is 1. The summed E-state index contributed by atoms with van der Waals surface area (Å²) in [5.41, 5.74) is 0.579. The second kappa shape index (κ2) is 8.11. The van der Waals surface area contributed by atoms with Gasteiger partial charge in [0.05, 0.1) is 6.26 Å². The van der Waals surface area contributed by atoms with Crippen LogP contribution in [0.2, 0.25) is 0 Å². The van der Waals surface area contributed by atoms with Crippen LogP contribution in [0.4, 0.5) is 0 Å². The van der Waals surface area contributed by atoms with Gasteiger partial charge in [-0.15, -0.1) is 0 Å². The molecule has 1 aliphatic carbocycles. The lowest BCUT2D eigenvalue weighted by Crippen LogP contribution is -2.43. The summed E-state index contributed by atoms with van der Waals surface area (Å²) in [5.74, 6) is 1.63. The molecule has 0 spiro atoms. The van der Waals surface area contributed by atoms with Crippen LogP contribution in [0.1, 0.15) is 44.9 Å². The number of likely N-dealkylation sites (tertiary alicyclic amines) is 1. The van der Waals surface area contributed by atoms with Crippen LogP contribution in [0, 0.1) is 11.8 Å². The molecule has 2 aromatic rings. The van der Waals surface area contributed by atoms with Gasteiger partial charge in [0, 0.05) is 31.6 Å². The van der Waals surface area contributed by atoms with E-state index in [4.69, 9.17) is 4.42 Å². The third-order valence-corrected chi connectivity index (χ3v) is 5.95. The van der Waals surface area contributed by atoms with Gasteiger partial charge in [-0.05, 0) is 49.8 Å². The van der Waals surface area contributed by atoms with E-state index in [1.165, 1.54) is 19.3 Å². The minimum absolute atomic E-state index is 0.0917. The summed E-state index contributed by atoms with van der Waals surface area (Å²) in [6.45, 7) is 2.19. The van der Waals surface area contributed by atoms with E-state index in [2.05, 4.69) is 5.10 Å². The number of rotatable bonds is 4. The molecule has 1 aliphatic heterocycles. The van der Waals surface area contributed by atoms with Gasteiger partial charge in [-0.2, -0.15) is 5.10 Å². The fraction of sp³-hybridized carbons (Fsp3) is 0.571. The highest BCUT2D eigenvalue weighted by molar-refractivity contribution is 5.79. The second-order valence-corrected chi connectivity index (χ2v) is 7.82. The van der Waals surface area contributed by atoms with E-state index in [1.54, 1.807) is 23.1 Å². The minimum atomic E-state index is -0.0917. The van der Waals surface area contributed by atoms with Gasteiger partial charge < -0.3 is 9.32 Å². The maximum Gasteiger partial charge on any atom is 0.266 e. The van der Waals surface area contributed by atoms with E-state index in [9.17, 15) is 9.59 Å². The predicted molar refractivity (Wildman–Crippen MR) is 102 cm³/mol. The Bertz CT molecular complexity index is 813. The second-order valence-electron chi connectivity index (χ2n) is 7.82. The third kappa shape index (κ3) is 4.15. The minimum Gasteiger partial charge on any atom is -0.463 e. The lowest BCUT2D eigenvalue weighted by atomic mass is 9.87. The lowest BCUT2D eigenvalue weighted by Gasteiger charge is -2.35. The largest absolute Gasteiger partial charge is 0.463 e. The summed E-state index contributed by atoms with van der Waals surface area (Å²) in [4.78, 5) is 26.9. The van der Waals surface area contributed by atoms with Crippen LogP contribution in [0.25, 0.3) is 11.5 Å². The van der Waals surface area contributed by atoms with Gasteiger partial charge in [-0.3, -0.25) is 9.59 Å². The zero-order valence-corrected chi connectivity index (χ0v) is 15.7. The number of hydrogen-bond donors (Lipinski definition) is 0. The molecule has 0 radical (unpaired) electrons. The van der Waals surface area contributed by atoms with Crippen molar-refractivity contribution in [1.29, 1.82) is 0 Å². The number of piperidine rings is 1. The first kappa shape index (κ1) is 18.0. The number of carbonyl (C=O) groups is 1. The smallest absolute Gasteiger partial charge is 0.266 e. The van der Waals surface area contributed by atoms with Crippen molar-refractivity contribution in [3.63, 3.8) is 0 Å². The van der Waals surface area contributed by atoms with Crippen molar-refractivity contribution < 1.29 is 9.21 Å². The standard InChI is InChI=1S/C21H27N3O3/c25-20-9-8-18(19-7-4-14-27-19)22-24(20)15-16-10-12-23(13-11-16)21(26)17-5-2-1-3-6-17/h4,7-9,14,16-17H,1-3,5-6,10-13,15H2. The molecule has 2 aliphatic rings. The van der Waals surface area contributed by atoms with Crippen LogP contribution >= 0.6 is 0 Å². The number of aromatic nitrogens is 2. The van der Waals surface area contributed by atoms with Crippen molar-refractivity contribution in [1.82, 2.24) is 14.7 Å². The van der Waals surface area contributed by atoms with Gasteiger partial charge in [-0.1, -0.05) is 19.3 Å². The molecule has 0 aromatic carbocycles. The van der Waals surface area contributed by atoms with E-state index in [1.807, 2.05) is 17.0 Å². The van der Waals surface area contributed by atoms with Gasteiger partial charge in [0.15, 0.2) is 5.76 Å². The SMILES string of the molecule is O=C(C1CCCCC1)N1CCC(Cn2nc(-c3ccco3)ccc2=O)CC1. The summed E-state index contributed by atoms with van der Waals surface area (Å²) in [6.07, 6.45) is 9.21. The number of amides is 1. The lowest BCUT2D eigenvalue weighted by molar-refractivity contribution is -0.138.